The van der Waals surface area contributed by atoms with E-state index in [1.165, 1.54) is 44.4 Å². The summed E-state index contributed by atoms with van der Waals surface area (Å²) in [7, 11) is 0. The maximum atomic E-state index is 4.25. The Labute approximate surface area is 332 Å². The number of fused-ring (bicyclic) bond motifs is 1. The monoisotopic (exact) mass is 724 g/mol. The third kappa shape index (κ3) is 8.06. The molecule has 0 saturated carbocycles. The van der Waals surface area contributed by atoms with Gasteiger partial charge in [-0.05, 0) is 126 Å². The van der Waals surface area contributed by atoms with Crippen LogP contribution in [0.2, 0.25) is 0 Å². The van der Waals surface area contributed by atoms with Gasteiger partial charge in [0.25, 0.3) is 0 Å². The zero-order chi connectivity index (χ0) is 38.1. The van der Waals surface area contributed by atoms with Crippen LogP contribution in [0.3, 0.4) is 0 Å². The molecule has 0 fully saturated rings. The fourth-order valence-corrected chi connectivity index (χ4v) is 7.93. The Kier molecular flexibility index (Phi) is 11.2. The molecule has 3 aliphatic rings. The molecule has 0 spiro atoms. The smallest absolute Gasteiger partial charge is 0.0534 e. The van der Waals surface area contributed by atoms with E-state index in [2.05, 4.69) is 199 Å². The van der Waals surface area contributed by atoms with E-state index in [1.807, 2.05) is 18.2 Å². The van der Waals surface area contributed by atoms with Crippen molar-refractivity contribution in [3.8, 4) is 5.69 Å². The topological polar surface area (TPSA) is 8.17 Å². The van der Waals surface area contributed by atoms with Gasteiger partial charge in [0.15, 0.2) is 0 Å². The molecule has 8 rings (SSSR count). The normalized spacial score (nSPS) is 17.1. The Hall–Kier alpha value is -6.64. The molecule has 0 aliphatic heterocycles. The summed E-state index contributed by atoms with van der Waals surface area (Å²) in [5.74, 6) is 0.411. The van der Waals surface area contributed by atoms with Crippen LogP contribution in [0.4, 0.5) is 11.4 Å². The van der Waals surface area contributed by atoms with Gasteiger partial charge in [-0.25, -0.2) is 0 Å². The van der Waals surface area contributed by atoms with E-state index < -0.39 is 0 Å². The van der Waals surface area contributed by atoms with E-state index in [0.29, 0.717) is 5.92 Å². The highest BCUT2D eigenvalue weighted by Gasteiger charge is 2.20. The second-order valence-corrected chi connectivity index (χ2v) is 14.5. The molecule has 0 bridgehead atoms. The van der Waals surface area contributed by atoms with E-state index in [-0.39, 0.29) is 0 Å². The van der Waals surface area contributed by atoms with Gasteiger partial charge in [0, 0.05) is 39.9 Å². The Balaban J connectivity index is 1.10. The number of hydrogen-bond donors (Lipinski definition) is 0. The molecular formula is C54H48N2. The lowest BCUT2D eigenvalue weighted by atomic mass is 9.90. The van der Waals surface area contributed by atoms with Crippen LogP contribution in [0, 0.1) is 5.92 Å². The lowest BCUT2D eigenvalue weighted by Crippen LogP contribution is -2.18. The summed E-state index contributed by atoms with van der Waals surface area (Å²) in [6, 6.07) is 37.2. The van der Waals surface area contributed by atoms with Crippen molar-refractivity contribution in [2.24, 2.45) is 5.92 Å². The summed E-state index contributed by atoms with van der Waals surface area (Å²) >= 11 is 0. The molecule has 1 heterocycles. The molecule has 0 saturated heterocycles. The highest BCUT2D eigenvalue weighted by Crippen LogP contribution is 2.38. The second-order valence-electron chi connectivity index (χ2n) is 14.5. The quantitative estimate of drug-likeness (QED) is 0.116. The minimum absolute atomic E-state index is 0.411. The van der Waals surface area contributed by atoms with Crippen LogP contribution in [0.15, 0.2) is 224 Å². The number of rotatable bonds is 12. The SMILES string of the molecule is C=C/C=C\C=C\C1C=CC(c2ccc(N(C3=CC=C(C4=CC=CCC4)CC3)c3ccc(/C(C=C)=C/c4cn(-c5ccccc5)c5ccccc45)cc3)cc2)=CC1. The van der Waals surface area contributed by atoms with Gasteiger partial charge in [0.05, 0.1) is 5.52 Å². The molecule has 3 aliphatic carbocycles. The molecule has 5 aromatic rings. The molecule has 274 valence electrons. The van der Waals surface area contributed by atoms with Crippen molar-refractivity contribution < 1.29 is 0 Å². The number of allylic oxidation sites excluding steroid dienone is 19. The van der Waals surface area contributed by atoms with Crippen molar-refractivity contribution in [1.82, 2.24) is 4.57 Å². The molecule has 1 aromatic heterocycles. The van der Waals surface area contributed by atoms with Gasteiger partial charge in [-0.1, -0.05) is 153 Å². The van der Waals surface area contributed by atoms with Gasteiger partial charge in [0.2, 0.25) is 0 Å². The number of benzene rings is 4. The summed E-state index contributed by atoms with van der Waals surface area (Å²) in [4.78, 5) is 2.43. The summed E-state index contributed by atoms with van der Waals surface area (Å²) in [6.45, 7) is 7.99. The van der Waals surface area contributed by atoms with Crippen LogP contribution in [0.25, 0.3) is 33.8 Å². The maximum Gasteiger partial charge on any atom is 0.0534 e. The lowest BCUT2D eigenvalue weighted by Gasteiger charge is -2.30. The van der Waals surface area contributed by atoms with E-state index in [1.54, 1.807) is 6.08 Å². The minimum atomic E-state index is 0.411. The molecule has 1 unspecified atom stereocenters. The van der Waals surface area contributed by atoms with Gasteiger partial charge in [-0.2, -0.15) is 0 Å². The standard InChI is InChI=1S/C54H48N2/c1-3-5-6-9-16-41-23-25-45(26-24-41)47-31-37-52(38-32-47)56(51-35-29-46(30-36-51)43-17-10-7-11-18-43)50-33-27-44(28-34-50)42(4-2)39-48-40-55(49-19-12-8-13-20-49)54-22-15-14-21-53(48)54/h3-10,12-17,19-23,25-29,31-35,37-41H,1-2,11,18,24,30,36H2/b6-5-,16-9+,42-39+. The Morgan fingerprint density at radius 1 is 0.732 bits per heavy atom. The number of nitrogens with zero attached hydrogens (tertiary/aromatic N) is 2. The zero-order valence-corrected chi connectivity index (χ0v) is 32.0. The van der Waals surface area contributed by atoms with Crippen molar-refractivity contribution in [2.75, 3.05) is 4.90 Å². The van der Waals surface area contributed by atoms with Crippen LogP contribution in [-0.2, 0) is 0 Å². The largest absolute Gasteiger partial charge is 0.316 e. The Morgan fingerprint density at radius 2 is 1.50 bits per heavy atom. The third-order valence-corrected chi connectivity index (χ3v) is 10.9. The molecule has 0 amide bonds. The van der Waals surface area contributed by atoms with Gasteiger partial charge >= 0.3 is 0 Å². The van der Waals surface area contributed by atoms with E-state index >= 15 is 0 Å². The average molecular weight is 725 g/mol. The van der Waals surface area contributed by atoms with Crippen molar-refractivity contribution in [3.05, 3.63) is 241 Å². The molecular weight excluding hydrogens is 677 g/mol. The molecule has 4 aromatic carbocycles. The van der Waals surface area contributed by atoms with Crippen molar-refractivity contribution in [1.29, 1.82) is 0 Å². The van der Waals surface area contributed by atoms with Crippen LogP contribution in [-0.4, -0.2) is 4.57 Å². The molecule has 2 nitrogen and oxygen atoms in total. The summed E-state index contributed by atoms with van der Waals surface area (Å²) in [6.07, 6.45) is 40.2. The Bertz CT molecular complexity index is 2500. The van der Waals surface area contributed by atoms with Crippen LogP contribution >= 0.6 is 0 Å². The van der Waals surface area contributed by atoms with Gasteiger partial charge in [-0.15, -0.1) is 0 Å². The first-order chi connectivity index (χ1) is 27.7. The number of aromatic nitrogens is 1. The first-order valence-electron chi connectivity index (χ1n) is 19.8. The predicted molar refractivity (Wildman–Crippen MR) is 242 cm³/mol. The van der Waals surface area contributed by atoms with Gasteiger partial charge in [-0.3, -0.25) is 0 Å². The van der Waals surface area contributed by atoms with Crippen molar-refractivity contribution in [2.45, 2.75) is 32.1 Å². The fourth-order valence-electron chi connectivity index (χ4n) is 7.93. The molecule has 56 heavy (non-hydrogen) atoms. The van der Waals surface area contributed by atoms with Crippen molar-refractivity contribution >= 4 is 39.5 Å². The first kappa shape index (κ1) is 36.3. The highest BCUT2D eigenvalue weighted by atomic mass is 15.1. The Morgan fingerprint density at radius 3 is 2.20 bits per heavy atom. The number of para-hydroxylation sites is 2. The highest BCUT2D eigenvalue weighted by molar-refractivity contribution is 5.98. The first-order valence-corrected chi connectivity index (χ1v) is 19.8. The summed E-state index contributed by atoms with van der Waals surface area (Å²) in [5.41, 5.74) is 14.8. The van der Waals surface area contributed by atoms with E-state index in [9.17, 15) is 0 Å². The minimum Gasteiger partial charge on any atom is -0.316 e. The number of hydrogen-bond acceptors (Lipinski definition) is 1. The molecule has 0 radical (unpaired) electrons. The third-order valence-electron chi connectivity index (χ3n) is 10.9. The zero-order valence-electron chi connectivity index (χ0n) is 32.0. The van der Waals surface area contributed by atoms with E-state index in [4.69, 9.17) is 0 Å². The predicted octanol–water partition coefficient (Wildman–Crippen LogP) is 14.6. The average Bonchev–Trinajstić information content (AvgIpc) is 3.64. The molecule has 2 heteroatoms. The summed E-state index contributed by atoms with van der Waals surface area (Å²) in [5, 5.41) is 1.21. The lowest BCUT2D eigenvalue weighted by molar-refractivity contribution is 0.825. The summed E-state index contributed by atoms with van der Waals surface area (Å²) < 4.78 is 2.27. The fraction of sp³-hybridized carbons (Fsp3) is 0.111. The van der Waals surface area contributed by atoms with Gasteiger partial charge in [0.1, 0.15) is 0 Å². The maximum absolute atomic E-state index is 4.25. The van der Waals surface area contributed by atoms with Gasteiger partial charge < -0.3 is 9.47 Å². The van der Waals surface area contributed by atoms with E-state index in [0.717, 1.165) is 60.3 Å². The number of anilines is 2. The second kappa shape index (κ2) is 17.2. The molecule has 1 atom stereocenters. The molecule has 0 N–H and O–H groups in total. The van der Waals surface area contributed by atoms with Crippen molar-refractivity contribution in [3.63, 3.8) is 0 Å². The van der Waals surface area contributed by atoms with Crippen LogP contribution in [0.1, 0.15) is 48.8 Å². The van der Waals surface area contributed by atoms with Crippen LogP contribution < -0.4 is 4.90 Å². The van der Waals surface area contributed by atoms with Crippen LogP contribution in [0.5, 0.6) is 0 Å².